The quantitative estimate of drug-likeness (QED) is 0.231. The summed E-state index contributed by atoms with van der Waals surface area (Å²) >= 11 is 0. The van der Waals surface area contributed by atoms with Crippen molar-refractivity contribution in [2.24, 2.45) is 11.5 Å². The second-order valence-electron chi connectivity index (χ2n) is 7.45. The van der Waals surface area contributed by atoms with E-state index in [-0.39, 0.29) is 31.7 Å². The lowest BCUT2D eigenvalue weighted by atomic mass is 10.0. The Morgan fingerprint density at radius 3 is 2.31 bits per heavy atom. The molecule has 8 N–H and O–H groups in total. The van der Waals surface area contributed by atoms with Crippen molar-refractivity contribution in [2.75, 3.05) is 13.1 Å². The van der Waals surface area contributed by atoms with E-state index in [4.69, 9.17) is 11.5 Å². The summed E-state index contributed by atoms with van der Waals surface area (Å²) in [5.41, 5.74) is 11.1. The molecule has 12 heteroatoms. The highest BCUT2D eigenvalue weighted by atomic mass is 16.4. The first-order valence-corrected chi connectivity index (χ1v) is 10.0. The molecule has 1 fully saturated rings. The predicted molar refractivity (Wildman–Crippen MR) is 111 cm³/mol. The topological polar surface area (TPSA) is 205 Å². The van der Waals surface area contributed by atoms with Crippen LogP contribution >= 0.6 is 0 Å². The number of aliphatic carboxylic acids is 1. The molecule has 1 saturated heterocycles. The fourth-order valence-corrected chi connectivity index (χ4v) is 3.49. The number of phenols is 1. The number of primary amides is 1. The van der Waals surface area contributed by atoms with Gasteiger partial charge in [-0.15, -0.1) is 0 Å². The lowest BCUT2D eigenvalue weighted by Crippen LogP contribution is -2.56. The number of benzene rings is 1. The summed E-state index contributed by atoms with van der Waals surface area (Å²) in [6.45, 7) is -0.105. The fourth-order valence-electron chi connectivity index (χ4n) is 3.49. The number of amides is 4. The molecule has 0 spiro atoms. The van der Waals surface area contributed by atoms with Gasteiger partial charge in [0.1, 0.15) is 23.9 Å². The molecule has 1 aliphatic heterocycles. The zero-order valence-electron chi connectivity index (χ0n) is 17.3. The molecular formula is C20H27N5O7. The number of hydrogen-bond donors (Lipinski definition) is 6. The van der Waals surface area contributed by atoms with Crippen LogP contribution in [0.25, 0.3) is 0 Å². The van der Waals surface area contributed by atoms with Crippen LogP contribution in [0.2, 0.25) is 0 Å². The standard InChI is InChI=1S/C20H27N5O7/c21-10-17(28)23-13(8-11-3-5-12(26)6-4-11)19(30)25-7-1-2-15(25)18(29)24-14(20(31)32)9-16(22)27/h3-6,13-15,26H,1-2,7-10,21H2,(H2,22,27)(H,23,28)(H,24,29)(H,31,32). The van der Waals surface area contributed by atoms with E-state index in [1.165, 1.54) is 17.0 Å². The zero-order valence-corrected chi connectivity index (χ0v) is 17.3. The molecular weight excluding hydrogens is 422 g/mol. The van der Waals surface area contributed by atoms with E-state index < -0.39 is 54.1 Å². The number of nitrogens with zero attached hydrogens (tertiary/aromatic N) is 1. The van der Waals surface area contributed by atoms with E-state index in [9.17, 15) is 34.2 Å². The number of carboxylic acids is 1. The minimum Gasteiger partial charge on any atom is -0.508 e. The lowest BCUT2D eigenvalue weighted by molar-refractivity contribution is -0.145. The number of nitrogens with one attached hydrogen (secondary N) is 2. The number of nitrogens with two attached hydrogens (primary N) is 2. The molecule has 4 amide bonds. The summed E-state index contributed by atoms with van der Waals surface area (Å²) in [6, 6.07) is 2.58. The number of rotatable bonds is 10. The molecule has 3 unspecified atom stereocenters. The van der Waals surface area contributed by atoms with Crippen molar-refractivity contribution in [1.29, 1.82) is 0 Å². The third-order valence-corrected chi connectivity index (χ3v) is 5.05. The first-order chi connectivity index (χ1) is 15.1. The molecule has 1 aromatic carbocycles. The Labute approximate surface area is 183 Å². The van der Waals surface area contributed by atoms with E-state index in [0.29, 0.717) is 12.0 Å². The number of likely N-dealkylation sites (tertiary alicyclic amines) is 1. The Kier molecular flexibility index (Phi) is 8.53. The third kappa shape index (κ3) is 6.67. The summed E-state index contributed by atoms with van der Waals surface area (Å²) < 4.78 is 0. The zero-order chi connectivity index (χ0) is 23.8. The van der Waals surface area contributed by atoms with E-state index in [1.807, 2.05) is 0 Å². The summed E-state index contributed by atoms with van der Waals surface area (Å²) in [5, 5.41) is 23.4. The van der Waals surface area contributed by atoms with E-state index in [0.717, 1.165) is 0 Å². The van der Waals surface area contributed by atoms with Gasteiger partial charge in [-0.05, 0) is 30.5 Å². The van der Waals surface area contributed by atoms with Crippen LogP contribution in [0.3, 0.4) is 0 Å². The number of aromatic hydroxyl groups is 1. The van der Waals surface area contributed by atoms with Crippen molar-refractivity contribution in [3.63, 3.8) is 0 Å². The van der Waals surface area contributed by atoms with Gasteiger partial charge in [-0.25, -0.2) is 4.79 Å². The average Bonchev–Trinajstić information content (AvgIpc) is 3.23. The number of carbonyl (C=O) groups is 5. The van der Waals surface area contributed by atoms with Crippen LogP contribution in [0.15, 0.2) is 24.3 Å². The molecule has 12 nitrogen and oxygen atoms in total. The van der Waals surface area contributed by atoms with Gasteiger partial charge in [-0.3, -0.25) is 19.2 Å². The molecule has 1 aliphatic rings. The van der Waals surface area contributed by atoms with Crippen LogP contribution in [-0.2, 0) is 30.4 Å². The number of carboxylic acid groups (broad SMARTS) is 1. The predicted octanol–water partition coefficient (Wildman–Crippen LogP) is -2.19. The van der Waals surface area contributed by atoms with Crippen molar-refractivity contribution in [3.8, 4) is 5.75 Å². The highest BCUT2D eigenvalue weighted by Gasteiger charge is 2.39. The SMILES string of the molecule is NCC(=O)NC(Cc1ccc(O)cc1)C(=O)N1CCCC1C(=O)NC(CC(N)=O)C(=O)O. The summed E-state index contributed by atoms with van der Waals surface area (Å²) in [5.74, 6) is -4.08. The van der Waals surface area contributed by atoms with E-state index in [1.54, 1.807) is 12.1 Å². The van der Waals surface area contributed by atoms with Crippen LogP contribution in [0.5, 0.6) is 5.75 Å². The van der Waals surface area contributed by atoms with Gasteiger partial charge in [0.25, 0.3) is 0 Å². The molecule has 1 heterocycles. The largest absolute Gasteiger partial charge is 0.508 e. The van der Waals surface area contributed by atoms with Crippen molar-refractivity contribution in [2.45, 2.75) is 43.8 Å². The summed E-state index contributed by atoms with van der Waals surface area (Å²) in [4.78, 5) is 61.5. The second kappa shape index (κ2) is 11.1. The maximum absolute atomic E-state index is 13.2. The second-order valence-corrected chi connectivity index (χ2v) is 7.45. The minimum atomic E-state index is -1.51. The number of hydrogen-bond acceptors (Lipinski definition) is 7. The molecule has 0 aliphatic carbocycles. The van der Waals surface area contributed by atoms with Crippen LogP contribution in [0.1, 0.15) is 24.8 Å². The highest BCUT2D eigenvalue weighted by Crippen LogP contribution is 2.20. The summed E-state index contributed by atoms with van der Waals surface area (Å²) in [7, 11) is 0. The minimum absolute atomic E-state index is 0.0443. The highest BCUT2D eigenvalue weighted by molar-refractivity contribution is 5.95. The van der Waals surface area contributed by atoms with E-state index in [2.05, 4.69) is 10.6 Å². The number of phenolic OH excluding ortho intramolecular Hbond substituents is 1. The smallest absolute Gasteiger partial charge is 0.326 e. The monoisotopic (exact) mass is 449 g/mol. The maximum Gasteiger partial charge on any atom is 0.326 e. The fraction of sp³-hybridized carbons (Fsp3) is 0.450. The van der Waals surface area contributed by atoms with Crippen molar-refractivity contribution in [3.05, 3.63) is 29.8 Å². The number of carbonyl (C=O) groups excluding carboxylic acids is 4. The molecule has 32 heavy (non-hydrogen) atoms. The van der Waals surface area contributed by atoms with Gasteiger partial charge in [0.2, 0.25) is 23.6 Å². The Balaban J connectivity index is 2.18. The Morgan fingerprint density at radius 2 is 1.75 bits per heavy atom. The van der Waals surface area contributed by atoms with Gasteiger partial charge in [-0.2, -0.15) is 0 Å². The molecule has 2 rings (SSSR count). The van der Waals surface area contributed by atoms with Gasteiger partial charge in [0.15, 0.2) is 0 Å². The lowest BCUT2D eigenvalue weighted by Gasteiger charge is -2.29. The molecule has 0 radical (unpaired) electrons. The van der Waals surface area contributed by atoms with Crippen LogP contribution in [0.4, 0.5) is 0 Å². The Hall–Kier alpha value is -3.67. The van der Waals surface area contributed by atoms with Crippen molar-refractivity contribution in [1.82, 2.24) is 15.5 Å². The van der Waals surface area contributed by atoms with Crippen LogP contribution in [-0.4, -0.2) is 75.9 Å². The van der Waals surface area contributed by atoms with Crippen LogP contribution < -0.4 is 22.1 Å². The summed E-state index contributed by atoms with van der Waals surface area (Å²) in [6.07, 6.45) is 0.290. The molecule has 174 valence electrons. The Morgan fingerprint density at radius 1 is 1.09 bits per heavy atom. The molecule has 0 aromatic heterocycles. The first kappa shape index (κ1) is 24.6. The molecule has 0 saturated carbocycles. The van der Waals surface area contributed by atoms with Crippen molar-refractivity contribution < 1.29 is 34.2 Å². The normalized spacial score (nSPS) is 17.3. The third-order valence-electron chi connectivity index (χ3n) is 5.05. The van der Waals surface area contributed by atoms with E-state index >= 15 is 0 Å². The van der Waals surface area contributed by atoms with Crippen molar-refractivity contribution >= 4 is 29.6 Å². The average molecular weight is 449 g/mol. The molecule has 1 aromatic rings. The van der Waals surface area contributed by atoms with Gasteiger partial charge in [-0.1, -0.05) is 12.1 Å². The molecule has 0 bridgehead atoms. The first-order valence-electron chi connectivity index (χ1n) is 10.0. The van der Waals surface area contributed by atoms with Gasteiger partial charge >= 0.3 is 5.97 Å². The van der Waals surface area contributed by atoms with Gasteiger partial charge in [0.05, 0.1) is 13.0 Å². The maximum atomic E-state index is 13.2. The van der Waals surface area contributed by atoms with Crippen LogP contribution in [0, 0.1) is 0 Å². The van der Waals surface area contributed by atoms with Gasteiger partial charge < -0.3 is 37.2 Å². The Bertz CT molecular complexity index is 874. The molecule has 3 atom stereocenters. The van der Waals surface area contributed by atoms with Gasteiger partial charge in [0, 0.05) is 13.0 Å².